The van der Waals surface area contributed by atoms with Gasteiger partial charge in [-0.3, -0.25) is 9.35 Å². The van der Waals surface area contributed by atoms with Crippen molar-refractivity contribution in [3.8, 4) is 0 Å². The molecular weight excluding hydrogens is 383 g/mol. The molecule has 27 heavy (non-hydrogen) atoms. The third kappa shape index (κ3) is 66.7. The number of carboxylic acids is 1. The second kappa shape index (κ2) is 28.0. The summed E-state index contributed by atoms with van der Waals surface area (Å²) in [6.07, 6.45) is 14.9. The van der Waals surface area contributed by atoms with Crippen LogP contribution in [-0.2, 0) is 19.9 Å². The average Bonchev–Trinajstić information content (AvgIpc) is 2.53. The van der Waals surface area contributed by atoms with Crippen molar-refractivity contribution in [3.63, 3.8) is 0 Å². The zero-order chi connectivity index (χ0) is 20.7. The van der Waals surface area contributed by atoms with Gasteiger partial charge in [0, 0.05) is 6.42 Å². The number of rotatable bonds is 14. The molecule has 156 valence electrons. The normalized spacial score (nSPS) is 9.59. The molecule has 0 amide bonds. The zero-order valence-corrected chi connectivity index (χ0v) is 19.7. The summed E-state index contributed by atoms with van der Waals surface area (Å²) < 4.78 is 37.7. The first kappa shape index (κ1) is 34.3. The molecule has 0 spiro atoms. The van der Waals surface area contributed by atoms with Gasteiger partial charge < -0.3 is 14.4 Å². The van der Waals surface area contributed by atoms with E-state index in [2.05, 4.69) is 20.1 Å². The van der Waals surface area contributed by atoms with Crippen molar-refractivity contribution in [1.29, 1.82) is 0 Å². The monoisotopic (exact) mass is 418 g/mol. The molecule has 0 unspecified atom stereocenters. The van der Waals surface area contributed by atoms with E-state index in [0.717, 1.165) is 12.8 Å². The van der Waals surface area contributed by atoms with E-state index < -0.39 is 16.4 Å². The largest absolute Gasteiger partial charge is 1.00 e. The summed E-state index contributed by atoms with van der Waals surface area (Å²) in [5.41, 5.74) is 0. The molecule has 0 rings (SSSR count). The number of ether oxygens (including phenoxy) is 1. The molecule has 0 aromatic rings. The smallest absolute Gasteiger partial charge is 0.726 e. The van der Waals surface area contributed by atoms with Crippen LogP contribution in [0.15, 0.2) is 25.3 Å². The Morgan fingerprint density at radius 1 is 0.963 bits per heavy atom. The molecule has 2 N–H and O–H groups in total. The quantitative estimate of drug-likeness (QED) is 0.144. The van der Waals surface area contributed by atoms with Gasteiger partial charge in [0.25, 0.3) is 0 Å². The molecule has 0 saturated heterocycles. The molecule has 7 nitrogen and oxygen atoms in total. The molecule has 0 fully saturated rings. The van der Waals surface area contributed by atoms with Crippen LogP contribution in [0.2, 0.25) is 0 Å². The van der Waals surface area contributed by atoms with Crippen molar-refractivity contribution >= 4 is 16.4 Å². The Hall–Kier alpha value is -0.220. The molecule has 0 aliphatic carbocycles. The summed E-state index contributed by atoms with van der Waals surface area (Å²) >= 11 is 0. The predicted molar refractivity (Wildman–Crippen MR) is 103 cm³/mol. The van der Waals surface area contributed by atoms with Crippen molar-refractivity contribution < 1.29 is 61.7 Å². The van der Waals surface area contributed by atoms with Crippen LogP contribution in [0.1, 0.15) is 71.1 Å². The van der Waals surface area contributed by atoms with E-state index >= 15 is 0 Å². The van der Waals surface area contributed by atoms with Crippen molar-refractivity contribution in [2.75, 3.05) is 13.2 Å². The second-order valence-corrected chi connectivity index (χ2v) is 6.37. The van der Waals surface area contributed by atoms with E-state index in [1.54, 1.807) is 12.2 Å². The van der Waals surface area contributed by atoms with Gasteiger partial charge in [0.05, 0.1) is 13.2 Å². The van der Waals surface area contributed by atoms with Gasteiger partial charge in [-0.2, -0.15) is 0 Å². The van der Waals surface area contributed by atoms with Crippen LogP contribution in [0.3, 0.4) is 0 Å². The summed E-state index contributed by atoms with van der Waals surface area (Å²) in [6.45, 7) is 10.4. The van der Waals surface area contributed by atoms with Crippen LogP contribution < -0.4 is 29.6 Å². The third-order valence-electron chi connectivity index (χ3n) is 2.97. The van der Waals surface area contributed by atoms with Crippen LogP contribution >= 0.6 is 0 Å². The van der Waals surface area contributed by atoms with Gasteiger partial charge >= 0.3 is 35.5 Å². The maximum atomic E-state index is 10.2. The maximum Gasteiger partial charge on any atom is 1.00 e. The third-order valence-corrected chi connectivity index (χ3v) is 2.97. The minimum Gasteiger partial charge on any atom is -0.726 e. The van der Waals surface area contributed by atoms with E-state index in [1.807, 2.05) is 0 Å². The van der Waals surface area contributed by atoms with E-state index in [-0.39, 0.29) is 29.6 Å². The molecule has 0 bridgehead atoms. The summed E-state index contributed by atoms with van der Waals surface area (Å²) in [7, 11) is -4.92. The molecule has 0 heterocycles. The van der Waals surface area contributed by atoms with Gasteiger partial charge in [0.1, 0.15) is 0 Å². The fourth-order valence-electron chi connectivity index (χ4n) is 1.82. The Morgan fingerprint density at radius 3 is 1.59 bits per heavy atom. The van der Waals surface area contributed by atoms with Gasteiger partial charge in [-0.05, 0) is 6.42 Å². The topological polar surface area (TPSA) is 124 Å². The first-order chi connectivity index (χ1) is 12.2. The van der Waals surface area contributed by atoms with E-state index in [9.17, 15) is 4.79 Å². The molecule has 9 heteroatoms. The Kier molecular flexibility index (Phi) is 35.6. The first-order valence-corrected chi connectivity index (χ1v) is 10.2. The number of hydrogen-bond donors (Lipinski definition) is 2. The predicted octanol–water partition coefficient (Wildman–Crippen LogP) is 1.38. The van der Waals surface area contributed by atoms with Crippen molar-refractivity contribution in [3.05, 3.63) is 25.3 Å². The molecule has 0 saturated carbocycles. The molecule has 0 radical (unpaired) electrons. The second-order valence-electron chi connectivity index (χ2n) is 5.51. The summed E-state index contributed by atoms with van der Waals surface area (Å²) in [5.74, 6) is -0.659. The van der Waals surface area contributed by atoms with Gasteiger partial charge in [0.15, 0.2) is 0 Å². The molecular formula is C18H35NaO7S. The fraction of sp³-hybridized carbons (Fsp3) is 0.722. The molecule has 0 aliphatic heterocycles. The number of hydrogen-bond acceptors (Lipinski definition) is 5. The van der Waals surface area contributed by atoms with E-state index in [1.165, 1.54) is 44.9 Å². The summed E-state index contributed by atoms with van der Waals surface area (Å²) in [4.78, 5) is 10.2. The minimum atomic E-state index is -4.92. The Balaban J connectivity index is -0.000000170. The summed E-state index contributed by atoms with van der Waals surface area (Å²) in [6, 6.07) is 0. The number of carboxylic acid groups (broad SMARTS) is 1. The molecule has 0 aliphatic rings. The molecule has 0 atom stereocenters. The van der Waals surface area contributed by atoms with E-state index in [0.29, 0.717) is 19.6 Å². The number of unbranched alkanes of at least 4 members (excludes halogenated alkanes) is 8. The average molecular weight is 419 g/mol. The van der Waals surface area contributed by atoms with Crippen molar-refractivity contribution in [2.24, 2.45) is 0 Å². The Labute approximate surface area is 187 Å². The fourth-order valence-corrected chi connectivity index (χ4v) is 1.82. The number of aliphatic carboxylic acids is 1. The Bertz CT molecular complexity index is 409. The first-order valence-electron chi connectivity index (χ1n) is 8.88. The van der Waals surface area contributed by atoms with Gasteiger partial charge in [-0.15, -0.1) is 13.2 Å². The van der Waals surface area contributed by atoms with Crippen molar-refractivity contribution in [2.45, 2.75) is 71.1 Å². The maximum absolute atomic E-state index is 10.2. The minimum absolute atomic E-state index is 0. The van der Waals surface area contributed by atoms with Gasteiger partial charge in [-0.25, -0.2) is 8.42 Å². The standard InChI is InChI=1S/C12H24O2.C6H10O.Na.H2O4S/c1-2-3-4-5-6-7-8-9-10-11-12(13)14;1-3-5-7-6-4-2;;1-5(2,3)4/h2-11H2,1H3,(H,13,14);3-4H,1-2,5-6H2;;(H2,1,2,3,4)/q;;+1;/p-1. The number of carbonyl (C=O) groups is 1. The van der Waals surface area contributed by atoms with Crippen molar-refractivity contribution in [1.82, 2.24) is 0 Å². The van der Waals surface area contributed by atoms with E-state index in [4.69, 9.17) is 27.4 Å². The molecule has 0 aromatic heterocycles. The van der Waals surface area contributed by atoms with Crippen LogP contribution in [0.4, 0.5) is 0 Å². The zero-order valence-electron chi connectivity index (χ0n) is 16.9. The van der Waals surface area contributed by atoms with Crippen LogP contribution in [0.25, 0.3) is 0 Å². The Morgan fingerprint density at radius 2 is 1.30 bits per heavy atom. The van der Waals surface area contributed by atoms with Crippen LogP contribution in [0.5, 0.6) is 0 Å². The van der Waals surface area contributed by atoms with Crippen LogP contribution in [0, 0.1) is 0 Å². The van der Waals surface area contributed by atoms with Gasteiger partial charge in [-0.1, -0.05) is 70.4 Å². The van der Waals surface area contributed by atoms with Gasteiger partial charge in [0.2, 0.25) is 10.4 Å². The SMILES string of the molecule is C=CCOCC=C.CCCCCCCCCCCC(=O)O.O=S(=O)([O-])O.[Na+]. The van der Waals surface area contributed by atoms with Crippen LogP contribution in [-0.4, -0.2) is 41.8 Å². The molecule has 0 aromatic carbocycles. The summed E-state index contributed by atoms with van der Waals surface area (Å²) in [5, 5.41) is 8.41.